The molecule has 1 N–H and O–H groups in total. The van der Waals surface area contributed by atoms with Crippen molar-refractivity contribution in [3.8, 4) is 0 Å². The highest BCUT2D eigenvalue weighted by molar-refractivity contribution is 14.1. The number of halogens is 1. The van der Waals surface area contributed by atoms with Gasteiger partial charge in [0.25, 0.3) is 5.91 Å². The van der Waals surface area contributed by atoms with Crippen LogP contribution in [0.15, 0.2) is 24.3 Å². The molecule has 1 aromatic rings. The molecule has 0 saturated carbocycles. The van der Waals surface area contributed by atoms with Crippen LogP contribution in [0.2, 0.25) is 0 Å². The SMILES string of the molecule is COCCN(CC1CCCN1)C(=O)c1ccccc1I. The Labute approximate surface area is 134 Å². The summed E-state index contributed by atoms with van der Waals surface area (Å²) in [7, 11) is 1.67. The second kappa shape index (κ2) is 7.95. The molecule has 0 spiro atoms. The topological polar surface area (TPSA) is 41.6 Å². The summed E-state index contributed by atoms with van der Waals surface area (Å²) < 4.78 is 6.13. The Hall–Kier alpha value is -0.660. The minimum absolute atomic E-state index is 0.0979. The van der Waals surface area contributed by atoms with E-state index in [0.29, 0.717) is 19.2 Å². The van der Waals surface area contributed by atoms with E-state index in [0.717, 1.165) is 28.6 Å². The lowest BCUT2D eigenvalue weighted by atomic mass is 10.1. The minimum atomic E-state index is 0.0979. The minimum Gasteiger partial charge on any atom is -0.383 e. The smallest absolute Gasteiger partial charge is 0.255 e. The molecule has 1 fully saturated rings. The van der Waals surface area contributed by atoms with Gasteiger partial charge in [-0.2, -0.15) is 0 Å². The highest BCUT2D eigenvalue weighted by Gasteiger charge is 2.23. The maximum absolute atomic E-state index is 12.7. The van der Waals surface area contributed by atoms with Gasteiger partial charge in [-0.25, -0.2) is 0 Å². The van der Waals surface area contributed by atoms with Crippen molar-refractivity contribution >= 4 is 28.5 Å². The van der Waals surface area contributed by atoms with Crippen molar-refractivity contribution in [2.75, 3.05) is 33.4 Å². The van der Waals surface area contributed by atoms with Crippen LogP contribution < -0.4 is 5.32 Å². The molecule has 110 valence electrons. The number of rotatable bonds is 6. The molecule has 1 aliphatic rings. The lowest BCUT2D eigenvalue weighted by molar-refractivity contribution is 0.0678. The van der Waals surface area contributed by atoms with Gasteiger partial charge in [0.15, 0.2) is 0 Å². The van der Waals surface area contributed by atoms with Crippen LogP contribution in [0.5, 0.6) is 0 Å². The van der Waals surface area contributed by atoms with Crippen molar-refractivity contribution in [3.05, 3.63) is 33.4 Å². The van der Waals surface area contributed by atoms with Gasteiger partial charge < -0.3 is 15.0 Å². The molecule has 0 aliphatic carbocycles. The summed E-state index contributed by atoms with van der Waals surface area (Å²) in [6.07, 6.45) is 2.34. The van der Waals surface area contributed by atoms with Gasteiger partial charge in [0.1, 0.15) is 0 Å². The molecule has 1 aromatic carbocycles. The van der Waals surface area contributed by atoms with E-state index in [-0.39, 0.29) is 5.91 Å². The van der Waals surface area contributed by atoms with Crippen LogP contribution in [-0.2, 0) is 4.74 Å². The van der Waals surface area contributed by atoms with Crippen LogP contribution in [0.3, 0.4) is 0 Å². The van der Waals surface area contributed by atoms with E-state index < -0.39 is 0 Å². The van der Waals surface area contributed by atoms with Crippen LogP contribution in [0.4, 0.5) is 0 Å². The molecule has 1 heterocycles. The Morgan fingerprint density at radius 3 is 2.95 bits per heavy atom. The first-order valence-electron chi connectivity index (χ1n) is 6.98. The third kappa shape index (κ3) is 4.17. The van der Waals surface area contributed by atoms with Crippen LogP contribution in [-0.4, -0.2) is 50.2 Å². The summed E-state index contributed by atoms with van der Waals surface area (Å²) in [6.45, 7) is 3.02. The Balaban J connectivity index is 2.08. The molecule has 5 heteroatoms. The highest BCUT2D eigenvalue weighted by Crippen LogP contribution is 2.15. The predicted molar refractivity (Wildman–Crippen MR) is 88.0 cm³/mol. The number of methoxy groups -OCH3 is 1. The zero-order valence-corrected chi connectivity index (χ0v) is 13.9. The zero-order valence-electron chi connectivity index (χ0n) is 11.8. The van der Waals surface area contributed by atoms with Gasteiger partial charge in [0, 0.05) is 29.8 Å². The van der Waals surface area contributed by atoms with Crippen molar-refractivity contribution in [1.29, 1.82) is 0 Å². The van der Waals surface area contributed by atoms with Crippen LogP contribution >= 0.6 is 22.6 Å². The first-order valence-corrected chi connectivity index (χ1v) is 8.06. The van der Waals surface area contributed by atoms with Gasteiger partial charge in [-0.3, -0.25) is 4.79 Å². The van der Waals surface area contributed by atoms with Gasteiger partial charge >= 0.3 is 0 Å². The predicted octanol–water partition coefficient (Wildman–Crippen LogP) is 2.13. The van der Waals surface area contributed by atoms with Crippen molar-refractivity contribution in [3.63, 3.8) is 0 Å². The van der Waals surface area contributed by atoms with E-state index in [1.54, 1.807) is 7.11 Å². The fraction of sp³-hybridized carbons (Fsp3) is 0.533. The normalized spacial score (nSPS) is 18.2. The fourth-order valence-electron chi connectivity index (χ4n) is 2.46. The van der Waals surface area contributed by atoms with E-state index in [1.165, 1.54) is 6.42 Å². The lowest BCUT2D eigenvalue weighted by Gasteiger charge is -2.26. The van der Waals surface area contributed by atoms with E-state index in [4.69, 9.17) is 4.74 Å². The molecule has 0 radical (unpaired) electrons. The summed E-state index contributed by atoms with van der Waals surface area (Å²) in [5.41, 5.74) is 0.780. The summed E-state index contributed by atoms with van der Waals surface area (Å²) in [5, 5.41) is 3.45. The van der Waals surface area contributed by atoms with Crippen molar-refractivity contribution in [2.45, 2.75) is 18.9 Å². The molecule has 2 rings (SSSR count). The third-order valence-electron chi connectivity index (χ3n) is 3.56. The maximum atomic E-state index is 12.7. The first kappa shape index (κ1) is 15.7. The van der Waals surface area contributed by atoms with E-state index in [9.17, 15) is 4.79 Å². The van der Waals surface area contributed by atoms with Crippen LogP contribution in [0.25, 0.3) is 0 Å². The molecule has 1 aliphatic heterocycles. The largest absolute Gasteiger partial charge is 0.383 e. The van der Waals surface area contributed by atoms with E-state index in [1.807, 2.05) is 29.2 Å². The number of amides is 1. The lowest BCUT2D eigenvalue weighted by Crippen LogP contribution is -2.42. The Kier molecular flexibility index (Phi) is 6.25. The second-order valence-electron chi connectivity index (χ2n) is 5.02. The molecule has 4 nitrogen and oxygen atoms in total. The number of benzene rings is 1. The zero-order chi connectivity index (χ0) is 14.4. The number of hydrogen-bond acceptors (Lipinski definition) is 3. The average molecular weight is 388 g/mol. The van der Waals surface area contributed by atoms with Crippen molar-refractivity contribution in [2.24, 2.45) is 0 Å². The number of carbonyl (C=O) groups is 1. The van der Waals surface area contributed by atoms with Crippen molar-refractivity contribution in [1.82, 2.24) is 10.2 Å². The molecular weight excluding hydrogens is 367 g/mol. The second-order valence-corrected chi connectivity index (χ2v) is 6.18. The van der Waals surface area contributed by atoms with Crippen LogP contribution in [0.1, 0.15) is 23.2 Å². The summed E-state index contributed by atoms with van der Waals surface area (Å²) >= 11 is 2.22. The highest BCUT2D eigenvalue weighted by atomic mass is 127. The van der Waals surface area contributed by atoms with Gasteiger partial charge in [0.2, 0.25) is 0 Å². The number of carbonyl (C=O) groups excluding carboxylic acids is 1. The molecule has 1 saturated heterocycles. The molecule has 0 aromatic heterocycles. The Morgan fingerprint density at radius 2 is 2.30 bits per heavy atom. The monoisotopic (exact) mass is 388 g/mol. The standard InChI is InChI=1S/C15H21IN2O2/c1-20-10-9-18(11-12-5-4-8-17-12)15(19)13-6-2-3-7-14(13)16/h2-3,6-7,12,17H,4-5,8-11H2,1H3. The van der Waals surface area contributed by atoms with Crippen LogP contribution in [0, 0.1) is 3.57 Å². The number of ether oxygens (including phenoxy) is 1. The summed E-state index contributed by atoms with van der Waals surface area (Å²) in [6, 6.07) is 8.15. The fourth-order valence-corrected chi connectivity index (χ4v) is 3.08. The third-order valence-corrected chi connectivity index (χ3v) is 4.50. The van der Waals surface area contributed by atoms with Crippen molar-refractivity contribution < 1.29 is 9.53 Å². The molecule has 1 amide bonds. The molecule has 0 bridgehead atoms. The quantitative estimate of drug-likeness (QED) is 0.760. The number of nitrogens with one attached hydrogen (secondary N) is 1. The molecule has 20 heavy (non-hydrogen) atoms. The molecular formula is C15H21IN2O2. The van der Waals surface area contributed by atoms with Gasteiger partial charge in [0.05, 0.1) is 12.2 Å². The average Bonchev–Trinajstić information content (AvgIpc) is 2.96. The van der Waals surface area contributed by atoms with Gasteiger partial charge in [-0.1, -0.05) is 12.1 Å². The van der Waals surface area contributed by atoms with Gasteiger partial charge in [-0.15, -0.1) is 0 Å². The molecule has 1 unspecified atom stereocenters. The van der Waals surface area contributed by atoms with E-state index in [2.05, 4.69) is 27.9 Å². The Morgan fingerprint density at radius 1 is 1.50 bits per heavy atom. The van der Waals surface area contributed by atoms with E-state index >= 15 is 0 Å². The first-order chi connectivity index (χ1) is 9.72. The number of hydrogen-bond donors (Lipinski definition) is 1. The Bertz CT molecular complexity index is 447. The maximum Gasteiger partial charge on any atom is 0.255 e. The number of nitrogens with zero attached hydrogens (tertiary/aromatic N) is 1. The summed E-state index contributed by atoms with van der Waals surface area (Å²) in [5.74, 6) is 0.0979. The molecule has 1 atom stereocenters. The van der Waals surface area contributed by atoms with Gasteiger partial charge in [-0.05, 0) is 54.1 Å². The summed E-state index contributed by atoms with van der Waals surface area (Å²) in [4.78, 5) is 14.6.